The lowest BCUT2D eigenvalue weighted by Gasteiger charge is -2.27. The molecular weight excluding hydrogens is 252 g/mol. The molecule has 116 valence electrons. The molecule has 0 bridgehead atoms. The Morgan fingerprint density at radius 2 is 2.10 bits per heavy atom. The molecule has 0 aromatic carbocycles. The second kappa shape index (κ2) is 8.27. The Balaban J connectivity index is 3.03. The number of nitrogens with zero attached hydrogens (tertiary/aromatic N) is 3. The summed E-state index contributed by atoms with van der Waals surface area (Å²) in [5.74, 6) is 1.82. The van der Waals surface area contributed by atoms with Gasteiger partial charge in [-0.15, -0.1) is 0 Å². The van der Waals surface area contributed by atoms with Crippen LogP contribution in [0.5, 0.6) is 0 Å². The summed E-state index contributed by atoms with van der Waals surface area (Å²) in [6.45, 7) is 13.2. The monoisotopic (exact) mass is 282 g/mol. The van der Waals surface area contributed by atoms with E-state index in [2.05, 4.69) is 43.0 Å². The lowest BCUT2D eigenvalue weighted by atomic mass is 10.1. The van der Waals surface area contributed by atoms with E-state index in [0.717, 1.165) is 38.5 Å². The van der Waals surface area contributed by atoms with Crippen LogP contribution in [0.2, 0.25) is 0 Å². The summed E-state index contributed by atoms with van der Waals surface area (Å²) in [5.41, 5.74) is 2.40. The Bertz CT molecular complexity index is 401. The van der Waals surface area contributed by atoms with E-state index in [1.54, 1.807) is 7.11 Å². The molecule has 5 nitrogen and oxygen atoms in total. The zero-order valence-corrected chi connectivity index (χ0v) is 13.9. The highest BCUT2D eigenvalue weighted by molar-refractivity contribution is 5.50. The van der Waals surface area contributed by atoms with Gasteiger partial charge in [0.1, 0.15) is 5.82 Å². The van der Waals surface area contributed by atoms with Crippen LogP contribution in [0.1, 0.15) is 32.0 Å². The van der Waals surface area contributed by atoms with Crippen molar-refractivity contribution in [3.05, 3.63) is 11.3 Å². The minimum absolute atomic E-state index is 0.606. The number of ether oxygens (including phenoxy) is 1. The van der Waals surface area contributed by atoms with Crippen LogP contribution in [0.4, 0.5) is 5.82 Å². The van der Waals surface area contributed by atoms with Gasteiger partial charge < -0.3 is 15.0 Å². The highest BCUT2D eigenvalue weighted by Crippen LogP contribution is 2.24. The molecule has 0 unspecified atom stereocenters. The number of methoxy groups -OCH3 is 1. The van der Waals surface area contributed by atoms with Crippen molar-refractivity contribution in [2.75, 3.05) is 38.3 Å². The van der Waals surface area contributed by atoms with E-state index in [9.17, 15) is 0 Å². The van der Waals surface area contributed by atoms with Gasteiger partial charge in [0.15, 0.2) is 0 Å². The summed E-state index contributed by atoms with van der Waals surface area (Å²) < 4.78 is 7.26. The SMILES string of the molecule is CCNCc1c(C)nn(C)c1N(CCOC)CC(C)C. The largest absolute Gasteiger partial charge is 0.383 e. The van der Waals surface area contributed by atoms with Crippen LogP contribution < -0.4 is 10.2 Å². The molecule has 0 atom stereocenters. The molecule has 1 heterocycles. The predicted molar refractivity (Wildman–Crippen MR) is 84.3 cm³/mol. The number of hydrogen-bond acceptors (Lipinski definition) is 4. The van der Waals surface area contributed by atoms with Gasteiger partial charge in [-0.25, -0.2) is 0 Å². The molecule has 0 aliphatic carbocycles. The first-order valence-electron chi connectivity index (χ1n) is 7.48. The molecule has 5 heteroatoms. The molecule has 0 aliphatic heterocycles. The zero-order valence-electron chi connectivity index (χ0n) is 13.9. The van der Waals surface area contributed by atoms with Crippen molar-refractivity contribution in [2.24, 2.45) is 13.0 Å². The third-order valence-corrected chi connectivity index (χ3v) is 3.32. The van der Waals surface area contributed by atoms with Gasteiger partial charge in [-0.05, 0) is 19.4 Å². The Kier molecular flexibility index (Phi) is 7.02. The van der Waals surface area contributed by atoms with E-state index in [0.29, 0.717) is 5.92 Å². The van der Waals surface area contributed by atoms with Crippen molar-refractivity contribution in [3.8, 4) is 0 Å². The van der Waals surface area contributed by atoms with Gasteiger partial charge in [0, 0.05) is 39.4 Å². The molecule has 0 aliphatic rings. The Labute approximate surface area is 123 Å². The third kappa shape index (κ3) is 4.49. The highest BCUT2D eigenvalue weighted by Gasteiger charge is 2.19. The fourth-order valence-corrected chi connectivity index (χ4v) is 2.47. The third-order valence-electron chi connectivity index (χ3n) is 3.32. The maximum atomic E-state index is 5.26. The zero-order chi connectivity index (χ0) is 15.1. The van der Waals surface area contributed by atoms with Crippen molar-refractivity contribution in [1.82, 2.24) is 15.1 Å². The molecule has 1 aromatic rings. The quantitative estimate of drug-likeness (QED) is 0.752. The second-order valence-electron chi connectivity index (χ2n) is 5.62. The summed E-state index contributed by atoms with van der Waals surface area (Å²) in [5, 5.41) is 8.01. The van der Waals surface area contributed by atoms with Crippen molar-refractivity contribution >= 4 is 5.82 Å². The Morgan fingerprint density at radius 1 is 1.40 bits per heavy atom. The number of anilines is 1. The van der Waals surface area contributed by atoms with Crippen molar-refractivity contribution in [2.45, 2.75) is 34.2 Å². The topological polar surface area (TPSA) is 42.3 Å². The van der Waals surface area contributed by atoms with Crippen molar-refractivity contribution in [3.63, 3.8) is 0 Å². The van der Waals surface area contributed by atoms with Crippen LogP contribution in [0.15, 0.2) is 0 Å². The predicted octanol–water partition coefficient (Wildman–Crippen LogP) is 1.95. The normalized spacial score (nSPS) is 11.3. The van der Waals surface area contributed by atoms with E-state index in [1.807, 2.05) is 11.7 Å². The van der Waals surface area contributed by atoms with E-state index < -0.39 is 0 Å². The number of rotatable bonds is 9. The maximum Gasteiger partial charge on any atom is 0.131 e. The van der Waals surface area contributed by atoms with E-state index in [4.69, 9.17) is 4.74 Å². The number of nitrogens with one attached hydrogen (secondary N) is 1. The van der Waals surface area contributed by atoms with Crippen LogP contribution in [0, 0.1) is 12.8 Å². The summed E-state index contributed by atoms with van der Waals surface area (Å²) in [6.07, 6.45) is 0. The molecule has 1 N–H and O–H groups in total. The molecule has 0 fully saturated rings. The standard InChI is InChI=1S/C15H30N4O/c1-7-16-10-14-13(4)17-18(5)15(14)19(8-9-20-6)11-12(2)3/h12,16H,7-11H2,1-6H3. The van der Waals surface area contributed by atoms with Crippen LogP contribution >= 0.6 is 0 Å². The minimum Gasteiger partial charge on any atom is -0.383 e. The maximum absolute atomic E-state index is 5.26. The number of aryl methyl sites for hydroxylation is 2. The second-order valence-corrected chi connectivity index (χ2v) is 5.62. The van der Waals surface area contributed by atoms with Gasteiger partial charge in [0.2, 0.25) is 0 Å². The van der Waals surface area contributed by atoms with E-state index >= 15 is 0 Å². The molecule has 0 radical (unpaired) electrons. The van der Waals surface area contributed by atoms with Crippen molar-refractivity contribution < 1.29 is 4.74 Å². The van der Waals surface area contributed by atoms with Gasteiger partial charge in [-0.3, -0.25) is 4.68 Å². The molecule has 0 spiro atoms. The number of aromatic nitrogens is 2. The minimum atomic E-state index is 0.606. The fraction of sp³-hybridized carbons (Fsp3) is 0.800. The first kappa shape index (κ1) is 17.0. The fourth-order valence-electron chi connectivity index (χ4n) is 2.47. The molecule has 0 saturated carbocycles. The highest BCUT2D eigenvalue weighted by atomic mass is 16.5. The van der Waals surface area contributed by atoms with Crippen LogP contribution in [0.3, 0.4) is 0 Å². The summed E-state index contributed by atoms with van der Waals surface area (Å²) in [7, 11) is 3.78. The molecule has 20 heavy (non-hydrogen) atoms. The smallest absolute Gasteiger partial charge is 0.131 e. The average Bonchev–Trinajstić information content (AvgIpc) is 2.66. The molecule has 1 aromatic heterocycles. The van der Waals surface area contributed by atoms with Crippen LogP contribution in [0.25, 0.3) is 0 Å². The average molecular weight is 282 g/mol. The molecular formula is C15H30N4O. The molecule has 0 saturated heterocycles. The Hall–Kier alpha value is -1.07. The first-order chi connectivity index (χ1) is 9.51. The molecule has 1 rings (SSSR count). The van der Waals surface area contributed by atoms with Gasteiger partial charge in [-0.1, -0.05) is 20.8 Å². The van der Waals surface area contributed by atoms with Crippen molar-refractivity contribution in [1.29, 1.82) is 0 Å². The van der Waals surface area contributed by atoms with Gasteiger partial charge in [-0.2, -0.15) is 5.10 Å². The summed E-state index contributed by atoms with van der Waals surface area (Å²) in [6, 6.07) is 0. The Morgan fingerprint density at radius 3 is 2.65 bits per heavy atom. The van der Waals surface area contributed by atoms with Crippen LogP contribution in [-0.2, 0) is 18.3 Å². The van der Waals surface area contributed by atoms with E-state index in [-0.39, 0.29) is 0 Å². The summed E-state index contributed by atoms with van der Waals surface area (Å²) >= 11 is 0. The number of hydrogen-bond donors (Lipinski definition) is 1. The van der Waals surface area contributed by atoms with Crippen LogP contribution in [-0.4, -0.2) is 43.1 Å². The molecule has 0 amide bonds. The van der Waals surface area contributed by atoms with Gasteiger partial charge in [0.05, 0.1) is 12.3 Å². The summed E-state index contributed by atoms with van der Waals surface area (Å²) in [4.78, 5) is 2.39. The van der Waals surface area contributed by atoms with Gasteiger partial charge >= 0.3 is 0 Å². The lowest BCUT2D eigenvalue weighted by Crippen LogP contribution is -2.33. The van der Waals surface area contributed by atoms with Gasteiger partial charge in [0.25, 0.3) is 0 Å². The lowest BCUT2D eigenvalue weighted by molar-refractivity contribution is 0.204. The van der Waals surface area contributed by atoms with E-state index in [1.165, 1.54) is 11.4 Å². The first-order valence-corrected chi connectivity index (χ1v) is 7.48.